The SMILES string of the molecule is Cc1cc(-c2ccccc2)ncc1-c1cc2cnc(Nc3ccc(OC4CCCN(C)C4)cc3)nc2n(CCN2CCOCC2)c1=O. The smallest absolute Gasteiger partial charge is 0.260 e. The first-order valence-electron chi connectivity index (χ1n) is 16.5. The molecule has 0 amide bonds. The molecule has 7 rings (SSSR count). The van der Waals surface area contributed by atoms with Crippen molar-refractivity contribution in [2.24, 2.45) is 0 Å². The molecule has 5 aromatic rings. The van der Waals surface area contributed by atoms with Crippen LogP contribution in [0.15, 0.2) is 83.9 Å². The quantitative estimate of drug-likeness (QED) is 0.230. The molecule has 2 saturated heterocycles. The van der Waals surface area contributed by atoms with Gasteiger partial charge in [-0.1, -0.05) is 30.3 Å². The summed E-state index contributed by atoms with van der Waals surface area (Å²) >= 11 is 0. The highest BCUT2D eigenvalue weighted by Crippen LogP contribution is 2.28. The third-order valence-electron chi connectivity index (χ3n) is 9.04. The molecule has 0 spiro atoms. The van der Waals surface area contributed by atoms with Crippen LogP contribution < -0.4 is 15.6 Å². The van der Waals surface area contributed by atoms with E-state index in [0.29, 0.717) is 36.9 Å². The molecule has 10 nitrogen and oxygen atoms in total. The van der Waals surface area contributed by atoms with Gasteiger partial charge in [0.25, 0.3) is 5.56 Å². The third kappa shape index (κ3) is 7.20. The second-order valence-electron chi connectivity index (χ2n) is 12.5. The molecule has 0 bridgehead atoms. The zero-order chi connectivity index (χ0) is 32.2. The number of hydrogen-bond donors (Lipinski definition) is 1. The minimum atomic E-state index is -0.0948. The second-order valence-corrected chi connectivity index (χ2v) is 12.5. The molecule has 0 radical (unpaired) electrons. The normalized spacial score (nSPS) is 17.5. The Hall–Kier alpha value is -4.64. The van der Waals surface area contributed by atoms with Crippen LogP contribution in [0.1, 0.15) is 18.4 Å². The number of anilines is 2. The molecule has 2 aromatic carbocycles. The number of nitrogens with one attached hydrogen (secondary N) is 1. The number of fused-ring (bicyclic) bond motifs is 1. The largest absolute Gasteiger partial charge is 0.489 e. The van der Waals surface area contributed by atoms with Crippen LogP contribution in [-0.2, 0) is 11.3 Å². The number of likely N-dealkylation sites (N-methyl/N-ethyl adjacent to an activating group) is 1. The van der Waals surface area contributed by atoms with E-state index in [2.05, 4.69) is 27.1 Å². The van der Waals surface area contributed by atoms with Crippen LogP contribution >= 0.6 is 0 Å². The number of pyridine rings is 2. The molecule has 1 unspecified atom stereocenters. The maximum Gasteiger partial charge on any atom is 0.260 e. The molecule has 1 N–H and O–H groups in total. The monoisotopic (exact) mass is 631 g/mol. The molecule has 2 fully saturated rings. The van der Waals surface area contributed by atoms with Crippen molar-refractivity contribution in [3.05, 3.63) is 95.0 Å². The fourth-order valence-electron chi connectivity index (χ4n) is 6.44. The molecule has 242 valence electrons. The molecule has 10 heteroatoms. The molecule has 2 aliphatic heterocycles. The van der Waals surface area contributed by atoms with E-state index in [4.69, 9.17) is 19.4 Å². The summed E-state index contributed by atoms with van der Waals surface area (Å²) in [4.78, 5) is 33.1. The van der Waals surface area contributed by atoms with Crippen molar-refractivity contribution >= 4 is 22.7 Å². The van der Waals surface area contributed by atoms with Gasteiger partial charge in [-0.15, -0.1) is 0 Å². The molecule has 2 aliphatic rings. The zero-order valence-electron chi connectivity index (χ0n) is 27.1. The van der Waals surface area contributed by atoms with Crippen molar-refractivity contribution in [2.45, 2.75) is 32.4 Å². The van der Waals surface area contributed by atoms with Crippen LogP contribution in [0, 0.1) is 6.92 Å². The van der Waals surface area contributed by atoms with Crippen molar-refractivity contribution < 1.29 is 9.47 Å². The van der Waals surface area contributed by atoms with E-state index in [1.807, 2.05) is 79.9 Å². The fourth-order valence-corrected chi connectivity index (χ4v) is 6.44. The molecular weight excluding hydrogens is 590 g/mol. The Morgan fingerprint density at radius 1 is 0.936 bits per heavy atom. The number of rotatable bonds is 9. The summed E-state index contributed by atoms with van der Waals surface area (Å²) in [6.45, 7) is 8.39. The summed E-state index contributed by atoms with van der Waals surface area (Å²) in [5.74, 6) is 1.28. The number of piperidine rings is 1. The van der Waals surface area contributed by atoms with Crippen molar-refractivity contribution in [1.82, 2.24) is 29.3 Å². The lowest BCUT2D eigenvalue weighted by Gasteiger charge is -2.30. The van der Waals surface area contributed by atoms with Crippen LogP contribution in [0.5, 0.6) is 5.75 Å². The van der Waals surface area contributed by atoms with Crippen LogP contribution in [0.25, 0.3) is 33.4 Å². The van der Waals surface area contributed by atoms with Gasteiger partial charge in [0.2, 0.25) is 5.95 Å². The first kappa shape index (κ1) is 31.0. The number of likely N-dealkylation sites (tertiary alicyclic amines) is 1. The Labute approximate surface area is 275 Å². The van der Waals surface area contributed by atoms with E-state index in [9.17, 15) is 4.79 Å². The molecule has 1 atom stereocenters. The van der Waals surface area contributed by atoms with Crippen molar-refractivity contribution in [1.29, 1.82) is 0 Å². The van der Waals surface area contributed by atoms with E-state index in [0.717, 1.165) is 84.8 Å². The molecule has 3 aromatic heterocycles. The highest BCUT2D eigenvalue weighted by Gasteiger charge is 2.20. The van der Waals surface area contributed by atoms with Crippen LogP contribution in [-0.4, -0.2) is 88.4 Å². The fraction of sp³-hybridized carbons (Fsp3) is 0.351. The summed E-state index contributed by atoms with van der Waals surface area (Å²) in [6, 6.07) is 21.9. The Bertz CT molecular complexity index is 1890. The number of aryl methyl sites for hydroxylation is 1. The predicted molar refractivity (Wildman–Crippen MR) is 185 cm³/mol. The van der Waals surface area contributed by atoms with Gasteiger partial charge >= 0.3 is 0 Å². The zero-order valence-corrected chi connectivity index (χ0v) is 27.1. The topological polar surface area (TPSA) is 97.6 Å². The van der Waals surface area contributed by atoms with Crippen molar-refractivity contribution in [3.8, 4) is 28.1 Å². The second kappa shape index (κ2) is 14.0. The summed E-state index contributed by atoms with van der Waals surface area (Å²) in [7, 11) is 2.14. The minimum absolute atomic E-state index is 0.0948. The van der Waals surface area contributed by atoms with Gasteiger partial charge in [-0.05, 0) is 75.3 Å². The van der Waals surface area contributed by atoms with Gasteiger partial charge in [-0.3, -0.25) is 19.2 Å². The number of nitrogens with zero attached hydrogens (tertiary/aromatic N) is 6. The number of ether oxygens (including phenoxy) is 2. The van der Waals surface area contributed by atoms with Gasteiger partial charge in [0, 0.05) is 72.9 Å². The van der Waals surface area contributed by atoms with E-state index in [1.165, 1.54) is 0 Å². The van der Waals surface area contributed by atoms with E-state index in [1.54, 1.807) is 10.8 Å². The molecule has 0 saturated carbocycles. The summed E-state index contributed by atoms with van der Waals surface area (Å²) in [5.41, 5.74) is 5.64. The highest BCUT2D eigenvalue weighted by atomic mass is 16.5. The third-order valence-corrected chi connectivity index (χ3v) is 9.04. The maximum atomic E-state index is 14.2. The van der Waals surface area contributed by atoms with E-state index < -0.39 is 0 Å². The highest BCUT2D eigenvalue weighted by molar-refractivity contribution is 5.83. The minimum Gasteiger partial charge on any atom is -0.489 e. The Morgan fingerprint density at radius 2 is 1.74 bits per heavy atom. The molecule has 47 heavy (non-hydrogen) atoms. The summed E-state index contributed by atoms with van der Waals surface area (Å²) in [6.07, 6.45) is 6.02. The summed E-state index contributed by atoms with van der Waals surface area (Å²) < 4.78 is 13.6. The van der Waals surface area contributed by atoms with Gasteiger partial charge in [0.05, 0.1) is 18.9 Å². The van der Waals surface area contributed by atoms with Crippen molar-refractivity contribution in [3.63, 3.8) is 0 Å². The average molecular weight is 632 g/mol. The van der Waals surface area contributed by atoms with Gasteiger partial charge in [0.1, 0.15) is 17.5 Å². The Kier molecular flexibility index (Phi) is 9.23. The van der Waals surface area contributed by atoms with Gasteiger partial charge in [0.15, 0.2) is 0 Å². The molecule has 0 aliphatic carbocycles. The molecule has 5 heterocycles. The van der Waals surface area contributed by atoms with E-state index >= 15 is 0 Å². The Balaban J connectivity index is 1.18. The number of morpholine rings is 1. The van der Waals surface area contributed by atoms with Crippen LogP contribution in [0.2, 0.25) is 0 Å². The summed E-state index contributed by atoms with van der Waals surface area (Å²) in [5, 5.41) is 4.12. The standard InChI is InChI=1S/C37H41N7O3/c1-26-21-34(27-7-4-3-5-8-27)38-24-33(26)32-22-28-23-39-37(41-35(28)44(36(32)45)16-15-43-17-19-46-20-18-43)40-29-10-12-30(13-11-29)47-31-9-6-14-42(2)25-31/h3-5,7-8,10-13,21-24,31H,6,9,14-20,25H2,1-2H3,(H,39,40,41). The van der Waals surface area contributed by atoms with Crippen molar-refractivity contribution in [2.75, 3.05) is 58.3 Å². The lowest BCUT2D eigenvalue weighted by Crippen LogP contribution is -2.39. The van der Waals surface area contributed by atoms with E-state index in [-0.39, 0.29) is 11.7 Å². The van der Waals surface area contributed by atoms with Gasteiger partial charge < -0.3 is 19.7 Å². The average Bonchev–Trinajstić information content (AvgIpc) is 3.10. The number of hydrogen-bond acceptors (Lipinski definition) is 9. The molecular formula is C37H41N7O3. The lowest BCUT2D eigenvalue weighted by atomic mass is 10.0. The first-order chi connectivity index (χ1) is 23.0. The van der Waals surface area contributed by atoms with Gasteiger partial charge in [-0.2, -0.15) is 4.98 Å². The predicted octanol–water partition coefficient (Wildman–Crippen LogP) is 5.38. The van der Waals surface area contributed by atoms with Crippen LogP contribution in [0.4, 0.5) is 11.6 Å². The lowest BCUT2D eigenvalue weighted by molar-refractivity contribution is 0.0364. The first-order valence-corrected chi connectivity index (χ1v) is 16.5. The number of aromatic nitrogens is 4. The Morgan fingerprint density at radius 3 is 2.51 bits per heavy atom. The number of benzene rings is 2. The van der Waals surface area contributed by atoms with Crippen LogP contribution in [0.3, 0.4) is 0 Å². The maximum absolute atomic E-state index is 14.2. The van der Waals surface area contributed by atoms with Gasteiger partial charge in [-0.25, -0.2) is 4.98 Å².